The summed E-state index contributed by atoms with van der Waals surface area (Å²) in [6, 6.07) is 1.58. The van der Waals surface area contributed by atoms with Gasteiger partial charge in [-0.15, -0.1) is 0 Å². The van der Waals surface area contributed by atoms with Crippen LogP contribution in [0, 0.1) is 11.6 Å². The number of rotatable bonds is 4. The lowest BCUT2D eigenvalue weighted by molar-refractivity contribution is 0.422. The molecule has 1 aliphatic rings. The summed E-state index contributed by atoms with van der Waals surface area (Å²) in [6.07, 6.45) is 1.79. The normalized spacial score (nSPS) is 23.0. The van der Waals surface area contributed by atoms with E-state index in [1.54, 1.807) is 6.92 Å². The Kier molecular flexibility index (Phi) is 5.38. The SMILES string of the molecule is CCNC(c1c(F)ccc(Br)c1F)C1CCCCS1(=O)=O. The van der Waals surface area contributed by atoms with Crippen molar-refractivity contribution >= 4 is 25.8 Å². The van der Waals surface area contributed by atoms with Gasteiger partial charge >= 0.3 is 0 Å². The second-order valence-electron chi connectivity index (χ2n) is 5.19. The van der Waals surface area contributed by atoms with Crippen LogP contribution in [0.1, 0.15) is 37.8 Å². The maximum atomic E-state index is 14.3. The predicted octanol–water partition coefficient (Wildman–Crippen LogP) is 3.35. The summed E-state index contributed by atoms with van der Waals surface area (Å²) in [5, 5.41) is 2.17. The smallest absolute Gasteiger partial charge is 0.155 e. The van der Waals surface area contributed by atoms with E-state index in [0.717, 1.165) is 12.5 Å². The summed E-state index contributed by atoms with van der Waals surface area (Å²) < 4.78 is 53.1. The molecule has 0 aromatic heterocycles. The first-order valence-corrected chi connectivity index (χ1v) is 9.47. The van der Waals surface area contributed by atoms with Crippen LogP contribution in [0.5, 0.6) is 0 Å². The summed E-state index contributed by atoms with van der Waals surface area (Å²) in [5.41, 5.74) is -0.193. The molecule has 118 valence electrons. The van der Waals surface area contributed by atoms with Gasteiger partial charge in [-0.25, -0.2) is 17.2 Å². The van der Waals surface area contributed by atoms with Crippen molar-refractivity contribution in [2.45, 2.75) is 37.5 Å². The molecule has 1 aromatic carbocycles. The van der Waals surface area contributed by atoms with Gasteiger partial charge in [0.05, 0.1) is 21.5 Å². The molecule has 1 saturated heterocycles. The molecule has 2 rings (SSSR count). The van der Waals surface area contributed by atoms with E-state index in [1.165, 1.54) is 6.07 Å². The third-order valence-corrected chi connectivity index (χ3v) is 6.72. The molecule has 0 bridgehead atoms. The highest BCUT2D eigenvalue weighted by atomic mass is 79.9. The van der Waals surface area contributed by atoms with Crippen molar-refractivity contribution in [1.29, 1.82) is 0 Å². The number of hydrogen-bond acceptors (Lipinski definition) is 3. The van der Waals surface area contributed by atoms with Crippen LogP contribution in [0.3, 0.4) is 0 Å². The Morgan fingerprint density at radius 1 is 1.38 bits per heavy atom. The fraction of sp³-hybridized carbons (Fsp3) is 0.571. The summed E-state index contributed by atoms with van der Waals surface area (Å²) in [5.74, 6) is -1.37. The second kappa shape index (κ2) is 6.71. The molecule has 0 saturated carbocycles. The Hall–Kier alpha value is -0.530. The summed E-state index contributed by atoms with van der Waals surface area (Å²) in [6.45, 7) is 2.22. The first-order chi connectivity index (χ1) is 9.88. The first kappa shape index (κ1) is 16.8. The lowest BCUT2D eigenvalue weighted by atomic mass is 9.98. The van der Waals surface area contributed by atoms with E-state index in [0.29, 0.717) is 19.4 Å². The first-order valence-electron chi connectivity index (χ1n) is 6.96. The molecule has 1 fully saturated rings. The van der Waals surface area contributed by atoms with Gasteiger partial charge in [-0.2, -0.15) is 0 Å². The molecule has 2 atom stereocenters. The van der Waals surface area contributed by atoms with Gasteiger partial charge in [-0.3, -0.25) is 0 Å². The molecule has 1 heterocycles. The predicted molar refractivity (Wildman–Crippen MR) is 81.9 cm³/mol. The van der Waals surface area contributed by atoms with Gasteiger partial charge in [-0.1, -0.05) is 13.3 Å². The zero-order valence-electron chi connectivity index (χ0n) is 11.7. The van der Waals surface area contributed by atoms with E-state index >= 15 is 0 Å². The van der Waals surface area contributed by atoms with Crippen molar-refractivity contribution in [3.05, 3.63) is 33.8 Å². The van der Waals surface area contributed by atoms with E-state index in [2.05, 4.69) is 21.2 Å². The third-order valence-electron chi connectivity index (χ3n) is 3.82. The van der Waals surface area contributed by atoms with Crippen LogP contribution in [0.2, 0.25) is 0 Å². The van der Waals surface area contributed by atoms with Crippen molar-refractivity contribution in [3.8, 4) is 0 Å². The lowest BCUT2D eigenvalue weighted by Gasteiger charge is -2.31. The minimum Gasteiger partial charge on any atom is -0.309 e. The van der Waals surface area contributed by atoms with Gasteiger partial charge in [0.15, 0.2) is 9.84 Å². The maximum Gasteiger partial charge on any atom is 0.155 e. The molecule has 1 aliphatic heterocycles. The zero-order valence-corrected chi connectivity index (χ0v) is 14.1. The van der Waals surface area contributed by atoms with E-state index in [9.17, 15) is 17.2 Å². The van der Waals surface area contributed by atoms with Gasteiger partial charge in [0.2, 0.25) is 0 Å². The van der Waals surface area contributed by atoms with Gasteiger partial charge in [0.25, 0.3) is 0 Å². The molecular weight excluding hydrogens is 364 g/mol. The van der Waals surface area contributed by atoms with Gasteiger partial charge < -0.3 is 5.32 Å². The average molecular weight is 382 g/mol. The summed E-state index contributed by atoms with van der Waals surface area (Å²) in [4.78, 5) is 0. The number of sulfone groups is 1. The molecule has 21 heavy (non-hydrogen) atoms. The Bertz CT molecular complexity index is 622. The molecule has 1 aromatic rings. The lowest BCUT2D eigenvalue weighted by Crippen LogP contribution is -2.41. The Balaban J connectivity index is 2.51. The summed E-state index contributed by atoms with van der Waals surface area (Å²) in [7, 11) is -3.35. The minimum atomic E-state index is -3.35. The molecule has 0 radical (unpaired) electrons. The Labute approximate surface area is 132 Å². The van der Waals surface area contributed by atoms with Gasteiger partial charge in [-0.05, 0) is 47.4 Å². The van der Waals surface area contributed by atoms with Crippen LogP contribution >= 0.6 is 15.9 Å². The van der Waals surface area contributed by atoms with E-state index in [-0.39, 0.29) is 15.8 Å². The minimum absolute atomic E-state index is 0.0802. The zero-order chi connectivity index (χ0) is 15.6. The average Bonchev–Trinajstić information content (AvgIpc) is 2.42. The molecule has 0 aliphatic carbocycles. The van der Waals surface area contributed by atoms with Crippen LogP contribution in [-0.2, 0) is 9.84 Å². The van der Waals surface area contributed by atoms with Crippen LogP contribution in [-0.4, -0.2) is 26.0 Å². The highest BCUT2D eigenvalue weighted by molar-refractivity contribution is 9.10. The van der Waals surface area contributed by atoms with E-state index < -0.39 is 32.8 Å². The topological polar surface area (TPSA) is 46.2 Å². The van der Waals surface area contributed by atoms with Crippen molar-refractivity contribution in [3.63, 3.8) is 0 Å². The number of nitrogens with one attached hydrogen (secondary N) is 1. The van der Waals surface area contributed by atoms with Crippen LogP contribution in [0.4, 0.5) is 8.78 Å². The fourth-order valence-corrected chi connectivity index (χ4v) is 5.25. The third kappa shape index (κ3) is 3.46. The van der Waals surface area contributed by atoms with E-state index in [4.69, 9.17) is 0 Å². The number of hydrogen-bond donors (Lipinski definition) is 1. The molecule has 0 spiro atoms. The molecular formula is C14H18BrF2NO2S. The molecule has 7 heteroatoms. The Morgan fingerprint density at radius 2 is 2.10 bits per heavy atom. The monoisotopic (exact) mass is 381 g/mol. The molecule has 1 N–H and O–H groups in total. The van der Waals surface area contributed by atoms with Crippen molar-refractivity contribution in [2.24, 2.45) is 0 Å². The molecule has 0 amide bonds. The Morgan fingerprint density at radius 3 is 2.71 bits per heavy atom. The number of benzene rings is 1. The van der Waals surface area contributed by atoms with E-state index in [1.807, 2.05) is 0 Å². The summed E-state index contributed by atoms with van der Waals surface area (Å²) >= 11 is 3.03. The van der Waals surface area contributed by atoms with Crippen molar-refractivity contribution in [1.82, 2.24) is 5.32 Å². The van der Waals surface area contributed by atoms with Crippen molar-refractivity contribution < 1.29 is 17.2 Å². The van der Waals surface area contributed by atoms with Crippen LogP contribution in [0.25, 0.3) is 0 Å². The molecule has 2 unspecified atom stereocenters. The fourth-order valence-electron chi connectivity index (χ4n) is 2.82. The largest absolute Gasteiger partial charge is 0.309 e. The van der Waals surface area contributed by atoms with Crippen molar-refractivity contribution in [2.75, 3.05) is 12.3 Å². The standard InChI is InChI=1S/C14H18BrF2NO2S/c1-2-18-14(11-5-3-4-8-21(11,19)20)12-10(16)7-6-9(15)13(12)17/h6-7,11,14,18H,2-5,8H2,1H3. The second-order valence-corrected chi connectivity index (χ2v) is 8.39. The highest BCUT2D eigenvalue weighted by Gasteiger charge is 2.38. The maximum absolute atomic E-state index is 14.3. The highest BCUT2D eigenvalue weighted by Crippen LogP contribution is 2.35. The van der Waals surface area contributed by atoms with Gasteiger partial charge in [0, 0.05) is 5.56 Å². The van der Waals surface area contributed by atoms with Gasteiger partial charge in [0.1, 0.15) is 11.6 Å². The van der Waals surface area contributed by atoms with Crippen LogP contribution < -0.4 is 5.32 Å². The quantitative estimate of drug-likeness (QED) is 0.813. The molecule has 3 nitrogen and oxygen atoms in total. The number of halogens is 3. The van der Waals surface area contributed by atoms with Crippen LogP contribution in [0.15, 0.2) is 16.6 Å².